The molecular weight excluding hydrogens is 336 g/mol. The van der Waals surface area contributed by atoms with Crippen molar-refractivity contribution in [2.24, 2.45) is 0 Å². The van der Waals surface area contributed by atoms with Crippen molar-refractivity contribution in [3.8, 4) is 0 Å². The van der Waals surface area contributed by atoms with Crippen molar-refractivity contribution in [3.05, 3.63) is 29.8 Å². The second-order valence-electron chi connectivity index (χ2n) is 5.75. The van der Waals surface area contributed by atoms with E-state index in [1.807, 2.05) is 0 Å². The van der Waals surface area contributed by atoms with Crippen LogP contribution in [0.4, 0.5) is 0 Å². The van der Waals surface area contributed by atoms with E-state index in [9.17, 15) is 16.8 Å². The van der Waals surface area contributed by atoms with Gasteiger partial charge in [-0.15, -0.1) is 0 Å². The van der Waals surface area contributed by atoms with Gasteiger partial charge in [0.15, 0.2) is 0 Å². The molecule has 1 saturated heterocycles. The maximum Gasteiger partial charge on any atom is 0.243 e. The Hall–Kier alpha value is -0.960. The van der Waals surface area contributed by atoms with Crippen LogP contribution in [0.5, 0.6) is 0 Å². The standard InChI is InChI=1S/C15H24N2O4S2/c1-2-12-22(18,19)16-13-14-6-8-15(9-7-14)23(20,21)17-10-4-3-5-11-17/h6-9,16H,2-5,10-13H2,1H3. The number of piperidine rings is 1. The molecule has 1 heterocycles. The first-order chi connectivity index (χ1) is 10.8. The first-order valence-electron chi connectivity index (χ1n) is 7.91. The molecule has 0 atom stereocenters. The molecule has 1 N–H and O–H groups in total. The van der Waals surface area contributed by atoms with Gasteiger partial charge >= 0.3 is 0 Å². The lowest BCUT2D eigenvalue weighted by Crippen LogP contribution is -2.35. The van der Waals surface area contributed by atoms with Crippen molar-refractivity contribution < 1.29 is 16.8 Å². The largest absolute Gasteiger partial charge is 0.243 e. The van der Waals surface area contributed by atoms with Gasteiger partial charge in [0.1, 0.15) is 0 Å². The fraction of sp³-hybridized carbons (Fsp3) is 0.600. The van der Waals surface area contributed by atoms with Gasteiger partial charge in [-0.3, -0.25) is 0 Å². The summed E-state index contributed by atoms with van der Waals surface area (Å²) in [6.45, 7) is 3.12. The molecular formula is C15H24N2O4S2. The molecule has 0 bridgehead atoms. The summed E-state index contributed by atoms with van der Waals surface area (Å²) in [5.74, 6) is 0.0917. The normalized spacial score (nSPS) is 17.3. The van der Waals surface area contributed by atoms with Crippen LogP contribution in [-0.4, -0.2) is 40.0 Å². The van der Waals surface area contributed by atoms with Gasteiger partial charge in [0.05, 0.1) is 10.6 Å². The molecule has 1 aliphatic rings. The topological polar surface area (TPSA) is 83.5 Å². The summed E-state index contributed by atoms with van der Waals surface area (Å²) in [6, 6.07) is 6.41. The van der Waals surface area contributed by atoms with Gasteiger partial charge in [-0.05, 0) is 37.0 Å². The first-order valence-corrected chi connectivity index (χ1v) is 11.0. The van der Waals surface area contributed by atoms with E-state index in [-0.39, 0.29) is 17.2 Å². The smallest absolute Gasteiger partial charge is 0.212 e. The average molecular weight is 361 g/mol. The molecule has 8 heteroatoms. The van der Waals surface area contributed by atoms with Crippen molar-refractivity contribution in [1.29, 1.82) is 0 Å². The number of sulfonamides is 2. The van der Waals surface area contributed by atoms with Crippen LogP contribution in [0.3, 0.4) is 0 Å². The fourth-order valence-corrected chi connectivity index (χ4v) is 5.15. The van der Waals surface area contributed by atoms with E-state index in [0.717, 1.165) is 24.8 Å². The predicted octanol–water partition coefficient (Wildman–Crippen LogP) is 1.69. The monoisotopic (exact) mass is 360 g/mol. The number of nitrogens with zero attached hydrogens (tertiary/aromatic N) is 1. The molecule has 0 radical (unpaired) electrons. The second-order valence-corrected chi connectivity index (χ2v) is 9.61. The minimum absolute atomic E-state index is 0.0917. The van der Waals surface area contributed by atoms with E-state index in [2.05, 4.69) is 4.72 Å². The Morgan fingerprint density at radius 2 is 1.61 bits per heavy atom. The van der Waals surface area contributed by atoms with Gasteiger partial charge in [0, 0.05) is 19.6 Å². The molecule has 0 aromatic heterocycles. The third kappa shape index (κ3) is 5.00. The van der Waals surface area contributed by atoms with Crippen molar-refractivity contribution in [2.45, 2.75) is 44.0 Å². The SMILES string of the molecule is CCCS(=O)(=O)NCc1ccc(S(=O)(=O)N2CCCCC2)cc1. The van der Waals surface area contributed by atoms with Crippen LogP contribution in [0, 0.1) is 0 Å². The van der Waals surface area contributed by atoms with E-state index in [1.54, 1.807) is 31.2 Å². The molecule has 1 fully saturated rings. The zero-order valence-electron chi connectivity index (χ0n) is 13.4. The highest BCUT2D eigenvalue weighted by atomic mass is 32.2. The van der Waals surface area contributed by atoms with Crippen LogP contribution < -0.4 is 4.72 Å². The molecule has 2 rings (SSSR count). The minimum atomic E-state index is -3.44. The van der Waals surface area contributed by atoms with Gasteiger partial charge in [-0.2, -0.15) is 4.31 Å². The summed E-state index contributed by atoms with van der Waals surface area (Å²) in [6.07, 6.45) is 3.43. The number of hydrogen-bond acceptors (Lipinski definition) is 4. The Labute approximate surface area is 139 Å². The highest BCUT2D eigenvalue weighted by molar-refractivity contribution is 7.89. The molecule has 1 aliphatic heterocycles. The maximum absolute atomic E-state index is 12.5. The van der Waals surface area contributed by atoms with Crippen LogP contribution >= 0.6 is 0 Å². The zero-order chi connectivity index (χ0) is 16.9. The van der Waals surface area contributed by atoms with Crippen molar-refractivity contribution in [1.82, 2.24) is 9.03 Å². The van der Waals surface area contributed by atoms with Crippen LogP contribution in [0.15, 0.2) is 29.2 Å². The average Bonchev–Trinajstić information content (AvgIpc) is 2.54. The lowest BCUT2D eigenvalue weighted by molar-refractivity contribution is 0.346. The second kappa shape index (κ2) is 7.74. The van der Waals surface area contributed by atoms with E-state index in [4.69, 9.17) is 0 Å². The molecule has 0 amide bonds. The molecule has 130 valence electrons. The molecule has 6 nitrogen and oxygen atoms in total. The van der Waals surface area contributed by atoms with Crippen molar-refractivity contribution >= 4 is 20.0 Å². The summed E-state index contributed by atoms with van der Waals surface area (Å²) in [7, 11) is -6.70. The molecule has 1 aromatic rings. The third-order valence-corrected chi connectivity index (χ3v) is 7.29. The molecule has 1 aromatic carbocycles. The Morgan fingerprint density at radius 1 is 1.00 bits per heavy atom. The van der Waals surface area contributed by atoms with Gasteiger partial charge in [-0.25, -0.2) is 21.6 Å². The van der Waals surface area contributed by atoms with Gasteiger partial charge in [0.25, 0.3) is 0 Å². The van der Waals surface area contributed by atoms with Crippen LogP contribution in [0.1, 0.15) is 38.2 Å². The van der Waals surface area contributed by atoms with E-state index in [1.165, 1.54) is 4.31 Å². The number of nitrogens with one attached hydrogen (secondary N) is 1. The highest BCUT2D eigenvalue weighted by Crippen LogP contribution is 2.20. The molecule has 0 aliphatic carbocycles. The summed E-state index contributed by atoms with van der Waals surface area (Å²) in [5.41, 5.74) is 0.738. The number of hydrogen-bond donors (Lipinski definition) is 1. The molecule has 23 heavy (non-hydrogen) atoms. The van der Waals surface area contributed by atoms with Crippen LogP contribution in [0.2, 0.25) is 0 Å². The van der Waals surface area contributed by atoms with Gasteiger partial charge in [-0.1, -0.05) is 25.5 Å². The van der Waals surface area contributed by atoms with E-state index < -0.39 is 20.0 Å². The summed E-state index contributed by atoms with van der Waals surface area (Å²) < 4.78 is 52.3. The lowest BCUT2D eigenvalue weighted by atomic mass is 10.2. The van der Waals surface area contributed by atoms with Gasteiger partial charge < -0.3 is 0 Å². The maximum atomic E-state index is 12.5. The van der Waals surface area contributed by atoms with Gasteiger partial charge in [0.2, 0.25) is 20.0 Å². The summed E-state index contributed by atoms with van der Waals surface area (Å²) >= 11 is 0. The van der Waals surface area contributed by atoms with Crippen LogP contribution in [0.25, 0.3) is 0 Å². The number of benzene rings is 1. The Balaban J connectivity index is 2.04. The lowest BCUT2D eigenvalue weighted by Gasteiger charge is -2.25. The molecule has 0 unspecified atom stereocenters. The van der Waals surface area contributed by atoms with Crippen molar-refractivity contribution in [3.63, 3.8) is 0 Å². The first kappa shape index (κ1) is 18.4. The molecule has 0 saturated carbocycles. The molecule has 0 spiro atoms. The Kier molecular flexibility index (Phi) is 6.19. The highest BCUT2D eigenvalue weighted by Gasteiger charge is 2.25. The summed E-state index contributed by atoms with van der Waals surface area (Å²) in [4.78, 5) is 0.263. The van der Waals surface area contributed by atoms with E-state index in [0.29, 0.717) is 19.5 Å². The third-order valence-electron chi connectivity index (χ3n) is 3.85. The quantitative estimate of drug-likeness (QED) is 0.802. The van der Waals surface area contributed by atoms with Crippen LogP contribution in [-0.2, 0) is 26.6 Å². The zero-order valence-corrected chi connectivity index (χ0v) is 15.0. The van der Waals surface area contributed by atoms with Crippen molar-refractivity contribution in [2.75, 3.05) is 18.8 Å². The Bertz CT molecular complexity index is 706. The predicted molar refractivity (Wildman–Crippen MR) is 90.0 cm³/mol. The Morgan fingerprint density at radius 3 is 2.17 bits per heavy atom. The minimum Gasteiger partial charge on any atom is -0.212 e. The van der Waals surface area contributed by atoms with E-state index >= 15 is 0 Å². The number of rotatable bonds is 7. The fourth-order valence-electron chi connectivity index (χ4n) is 2.57. The summed E-state index contributed by atoms with van der Waals surface area (Å²) in [5, 5.41) is 0.